The molecule has 0 saturated heterocycles. The minimum absolute atomic E-state index is 0.131. The highest BCUT2D eigenvalue weighted by atomic mass is 16.5. The third kappa shape index (κ3) is 4.40. The Morgan fingerprint density at radius 1 is 1.21 bits per heavy atom. The molecule has 2 aliphatic rings. The fourth-order valence-corrected chi connectivity index (χ4v) is 3.08. The van der Waals surface area contributed by atoms with Crippen LogP contribution in [0.25, 0.3) is 0 Å². The Bertz CT molecular complexity index is 618. The summed E-state index contributed by atoms with van der Waals surface area (Å²) in [5, 5.41) is 11.1. The van der Waals surface area contributed by atoms with Crippen molar-refractivity contribution in [2.24, 2.45) is 15.2 Å². The molecule has 0 aromatic heterocycles. The first-order valence-corrected chi connectivity index (χ1v) is 8.76. The zero-order valence-corrected chi connectivity index (χ0v) is 14.1. The van der Waals surface area contributed by atoms with Gasteiger partial charge in [-0.1, -0.05) is 31.4 Å². The number of guanidine groups is 1. The molecule has 6 heteroatoms. The van der Waals surface area contributed by atoms with E-state index in [0.29, 0.717) is 19.0 Å². The number of aliphatic imine (C=N–C) groups is 1. The molecule has 0 spiro atoms. The van der Waals surface area contributed by atoms with Crippen LogP contribution in [0.5, 0.6) is 5.75 Å². The van der Waals surface area contributed by atoms with E-state index in [2.05, 4.69) is 20.5 Å². The molecule has 1 aliphatic carbocycles. The van der Waals surface area contributed by atoms with Crippen molar-refractivity contribution in [3.63, 3.8) is 0 Å². The normalized spacial score (nSPS) is 23.3. The summed E-state index contributed by atoms with van der Waals surface area (Å²) < 4.78 is 5.42. The maximum Gasteiger partial charge on any atom is 0.253 e. The van der Waals surface area contributed by atoms with Gasteiger partial charge in [-0.15, -0.1) is 5.11 Å². The SMILES string of the molecule is CCOc1ccc(CC2N=NC(=NC3CCCCC3)NC2=O)cc1. The van der Waals surface area contributed by atoms with Crippen molar-refractivity contribution >= 4 is 11.9 Å². The first-order chi connectivity index (χ1) is 11.7. The van der Waals surface area contributed by atoms with Gasteiger partial charge in [0.05, 0.1) is 12.6 Å². The summed E-state index contributed by atoms with van der Waals surface area (Å²) in [6.45, 7) is 2.59. The molecule has 1 atom stereocenters. The molecule has 1 aromatic rings. The van der Waals surface area contributed by atoms with Gasteiger partial charge >= 0.3 is 0 Å². The second kappa shape index (κ2) is 8.04. The second-order valence-corrected chi connectivity index (χ2v) is 6.25. The quantitative estimate of drug-likeness (QED) is 0.900. The number of carbonyl (C=O) groups excluding carboxylic acids is 1. The highest BCUT2D eigenvalue weighted by molar-refractivity contribution is 6.01. The van der Waals surface area contributed by atoms with E-state index in [1.54, 1.807) is 0 Å². The lowest BCUT2D eigenvalue weighted by Crippen LogP contribution is -2.42. The zero-order valence-electron chi connectivity index (χ0n) is 14.1. The summed E-state index contributed by atoms with van der Waals surface area (Å²) in [5.74, 6) is 1.07. The average Bonchev–Trinajstić information content (AvgIpc) is 2.60. The largest absolute Gasteiger partial charge is 0.494 e. The van der Waals surface area contributed by atoms with Crippen LogP contribution in [0.3, 0.4) is 0 Å². The Labute approximate surface area is 142 Å². The first-order valence-electron chi connectivity index (χ1n) is 8.76. The van der Waals surface area contributed by atoms with Crippen molar-refractivity contribution in [1.82, 2.24) is 5.32 Å². The number of nitrogens with zero attached hydrogens (tertiary/aromatic N) is 3. The van der Waals surface area contributed by atoms with Crippen molar-refractivity contribution in [2.75, 3.05) is 6.61 Å². The highest BCUT2D eigenvalue weighted by Crippen LogP contribution is 2.21. The summed E-state index contributed by atoms with van der Waals surface area (Å²) in [7, 11) is 0. The minimum atomic E-state index is -0.492. The maximum absolute atomic E-state index is 12.2. The zero-order chi connectivity index (χ0) is 16.8. The van der Waals surface area contributed by atoms with Crippen molar-refractivity contribution in [1.29, 1.82) is 0 Å². The fourth-order valence-electron chi connectivity index (χ4n) is 3.08. The van der Waals surface area contributed by atoms with Crippen LogP contribution < -0.4 is 10.1 Å². The van der Waals surface area contributed by atoms with Gasteiger partial charge in [-0.05, 0) is 37.5 Å². The lowest BCUT2D eigenvalue weighted by Gasteiger charge is -2.20. The molecule has 0 bridgehead atoms. The number of hydrogen-bond donors (Lipinski definition) is 1. The molecule has 6 nitrogen and oxygen atoms in total. The van der Waals surface area contributed by atoms with E-state index in [-0.39, 0.29) is 11.9 Å². The summed E-state index contributed by atoms with van der Waals surface area (Å²) in [4.78, 5) is 16.8. The van der Waals surface area contributed by atoms with Crippen LogP contribution in [0.2, 0.25) is 0 Å². The minimum Gasteiger partial charge on any atom is -0.494 e. The first kappa shape index (κ1) is 16.6. The number of nitrogens with one attached hydrogen (secondary N) is 1. The van der Waals surface area contributed by atoms with Gasteiger partial charge in [-0.2, -0.15) is 5.11 Å². The topological polar surface area (TPSA) is 75.4 Å². The van der Waals surface area contributed by atoms with Crippen LogP contribution in [0.4, 0.5) is 0 Å². The molecule has 24 heavy (non-hydrogen) atoms. The third-order valence-electron chi connectivity index (χ3n) is 4.37. The third-order valence-corrected chi connectivity index (χ3v) is 4.37. The van der Waals surface area contributed by atoms with Gasteiger partial charge < -0.3 is 4.74 Å². The number of azo groups is 1. The summed E-state index contributed by atoms with van der Waals surface area (Å²) in [6, 6.07) is 7.52. The molecule has 1 unspecified atom stereocenters. The van der Waals surface area contributed by atoms with E-state index >= 15 is 0 Å². The highest BCUT2D eigenvalue weighted by Gasteiger charge is 2.25. The van der Waals surface area contributed by atoms with Gasteiger partial charge in [0.1, 0.15) is 5.75 Å². The molecule has 0 radical (unpaired) electrons. The lowest BCUT2D eigenvalue weighted by atomic mass is 9.96. The fraction of sp³-hybridized carbons (Fsp3) is 0.556. The molecule has 1 N–H and O–H groups in total. The van der Waals surface area contributed by atoms with Crippen LogP contribution in [-0.2, 0) is 11.2 Å². The lowest BCUT2D eigenvalue weighted by molar-refractivity contribution is -0.121. The van der Waals surface area contributed by atoms with Crippen molar-refractivity contribution in [3.8, 4) is 5.75 Å². The van der Waals surface area contributed by atoms with Crippen LogP contribution in [-0.4, -0.2) is 30.6 Å². The number of carbonyl (C=O) groups is 1. The Morgan fingerprint density at radius 3 is 2.62 bits per heavy atom. The van der Waals surface area contributed by atoms with E-state index in [4.69, 9.17) is 4.74 Å². The Balaban J connectivity index is 1.60. The summed E-state index contributed by atoms with van der Waals surface area (Å²) >= 11 is 0. The van der Waals surface area contributed by atoms with Crippen molar-refractivity contribution in [2.45, 2.75) is 57.5 Å². The van der Waals surface area contributed by atoms with E-state index in [0.717, 1.165) is 24.2 Å². The van der Waals surface area contributed by atoms with Crippen LogP contribution in [0, 0.1) is 0 Å². The maximum atomic E-state index is 12.2. The van der Waals surface area contributed by atoms with Crippen molar-refractivity contribution in [3.05, 3.63) is 29.8 Å². The number of ether oxygens (including phenoxy) is 1. The number of amides is 1. The second-order valence-electron chi connectivity index (χ2n) is 6.25. The molecule has 1 amide bonds. The van der Waals surface area contributed by atoms with Crippen LogP contribution in [0.1, 0.15) is 44.6 Å². The van der Waals surface area contributed by atoms with Gasteiger partial charge in [0.2, 0.25) is 5.96 Å². The predicted molar refractivity (Wildman–Crippen MR) is 92.4 cm³/mol. The average molecular weight is 328 g/mol. The monoisotopic (exact) mass is 328 g/mol. The van der Waals surface area contributed by atoms with E-state index < -0.39 is 6.04 Å². The molecule has 1 saturated carbocycles. The van der Waals surface area contributed by atoms with E-state index in [1.165, 1.54) is 19.3 Å². The van der Waals surface area contributed by atoms with E-state index in [9.17, 15) is 4.79 Å². The van der Waals surface area contributed by atoms with Gasteiger partial charge in [0.25, 0.3) is 5.91 Å². The van der Waals surface area contributed by atoms with Crippen LogP contribution >= 0.6 is 0 Å². The summed E-state index contributed by atoms with van der Waals surface area (Å²) in [6.07, 6.45) is 6.35. The standard InChI is InChI=1S/C18H24N4O2/c1-2-24-15-10-8-13(9-11-15)12-16-17(23)20-18(22-21-16)19-14-6-4-3-5-7-14/h8-11,14,16H,2-7,12H2,1H3,(H,19,20,23). The Morgan fingerprint density at radius 2 is 1.96 bits per heavy atom. The molecule has 1 aliphatic heterocycles. The molecule has 1 fully saturated rings. The number of benzene rings is 1. The molecule has 3 rings (SSSR count). The molecular weight excluding hydrogens is 304 g/mol. The van der Waals surface area contributed by atoms with Crippen molar-refractivity contribution < 1.29 is 9.53 Å². The van der Waals surface area contributed by atoms with Gasteiger partial charge in [0, 0.05) is 6.42 Å². The predicted octanol–water partition coefficient (Wildman–Crippen LogP) is 3.27. The van der Waals surface area contributed by atoms with E-state index in [1.807, 2.05) is 31.2 Å². The molecule has 1 heterocycles. The molecular formula is C18H24N4O2. The summed E-state index contributed by atoms with van der Waals surface area (Å²) in [5.41, 5.74) is 1.03. The smallest absolute Gasteiger partial charge is 0.253 e. The Hall–Kier alpha value is -2.24. The van der Waals surface area contributed by atoms with Crippen LogP contribution in [0.15, 0.2) is 39.5 Å². The van der Waals surface area contributed by atoms with Gasteiger partial charge in [-0.3, -0.25) is 10.1 Å². The number of rotatable bonds is 5. The molecule has 1 aromatic carbocycles. The Kier molecular flexibility index (Phi) is 5.56. The van der Waals surface area contributed by atoms with Gasteiger partial charge in [-0.25, -0.2) is 4.99 Å². The molecule has 128 valence electrons. The van der Waals surface area contributed by atoms with Gasteiger partial charge in [0.15, 0.2) is 6.04 Å². The number of hydrogen-bond acceptors (Lipinski definition) is 4.